The molecule has 3 rings (SSSR count). The Morgan fingerprint density at radius 3 is 2.14 bits per heavy atom. The van der Waals surface area contributed by atoms with Crippen LogP contribution in [0.2, 0.25) is 0 Å². The number of nitrogens with one attached hydrogen (secondary N) is 1. The number of ether oxygens (including phenoxy) is 5. The largest absolute Gasteiger partial charge is 0.458 e. The van der Waals surface area contributed by atoms with Gasteiger partial charge in [-0.15, -0.1) is 0 Å². The number of hydrogen-bond acceptors (Lipinski definition) is 12. The number of amides is 2. The SMILES string of the molecule is CC[C@H]1OC(=O)[C@H](C)C(=O)[C@H](C)[C@@H](O[C@@H]2O[C@H](C)C[C@H](N(C)C)[C@H]2O)[C@](C)(OC(=O)N(CC)CC)C[C@@H](C)C(=O)[C@H](C)[C@H]2NC(=O)O[C@@]21C. The Morgan fingerprint density at radius 2 is 1.59 bits per heavy atom. The van der Waals surface area contributed by atoms with Gasteiger partial charge in [0.25, 0.3) is 0 Å². The number of ketones is 2. The number of alkyl carbamates (subject to hydrolysis) is 1. The molecule has 3 aliphatic rings. The molecule has 280 valence electrons. The van der Waals surface area contributed by atoms with Crippen molar-refractivity contribution in [2.45, 2.75) is 142 Å². The second kappa shape index (κ2) is 16.0. The summed E-state index contributed by atoms with van der Waals surface area (Å²) >= 11 is 0. The molecule has 0 saturated carbocycles. The van der Waals surface area contributed by atoms with E-state index in [0.717, 1.165) is 0 Å². The van der Waals surface area contributed by atoms with E-state index in [-0.39, 0.29) is 30.8 Å². The summed E-state index contributed by atoms with van der Waals surface area (Å²) in [6.07, 6.45) is -5.70. The number of cyclic esters (lactones) is 1. The third kappa shape index (κ3) is 8.40. The van der Waals surface area contributed by atoms with E-state index in [4.69, 9.17) is 23.7 Å². The molecule has 0 aromatic rings. The number of carbonyl (C=O) groups is 5. The van der Waals surface area contributed by atoms with Gasteiger partial charge in [0.05, 0.1) is 12.1 Å². The van der Waals surface area contributed by atoms with Crippen LogP contribution in [0.3, 0.4) is 0 Å². The number of nitrogens with zero attached hydrogens (tertiary/aromatic N) is 2. The highest BCUT2D eigenvalue weighted by molar-refractivity contribution is 6.00. The predicted octanol–water partition coefficient (Wildman–Crippen LogP) is 3.31. The fraction of sp³-hybridized carbons (Fsp3) is 0.857. The standard InChI is InChI=1S/C35H59N3O11/c1-13-24-35(10)28(36-32(43)48-35)20(6)25(39)18(4)17-34(9,49-33(44)38(14-2)15-3)29(21(7)26(40)22(8)30(42)46-24)47-31-27(41)23(37(11)12)16-19(5)45-31/h18-24,27-29,31,41H,13-17H2,1-12H3,(H,36,43)/t18-,19-,20+,21+,22-,23+,24-,27-,28-,29-,31+,34-,35-/m1/s1. The minimum absolute atomic E-state index is 0.0881. The van der Waals surface area contributed by atoms with Crippen LogP contribution >= 0.6 is 0 Å². The first-order valence-corrected chi connectivity index (χ1v) is 17.7. The zero-order valence-corrected chi connectivity index (χ0v) is 31.3. The molecule has 13 atom stereocenters. The van der Waals surface area contributed by atoms with E-state index >= 15 is 0 Å². The average Bonchev–Trinajstić information content (AvgIpc) is 3.35. The normalized spacial score (nSPS) is 40.9. The summed E-state index contributed by atoms with van der Waals surface area (Å²) in [7, 11) is 3.67. The van der Waals surface area contributed by atoms with Crippen molar-refractivity contribution in [3.8, 4) is 0 Å². The predicted molar refractivity (Wildman–Crippen MR) is 178 cm³/mol. The Kier molecular flexibility index (Phi) is 13.3. The Morgan fingerprint density at radius 1 is 0.980 bits per heavy atom. The van der Waals surface area contributed by atoms with Crippen molar-refractivity contribution in [1.29, 1.82) is 0 Å². The van der Waals surface area contributed by atoms with Crippen molar-refractivity contribution in [3.63, 3.8) is 0 Å². The van der Waals surface area contributed by atoms with Crippen LogP contribution in [0.25, 0.3) is 0 Å². The van der Waals surface area contributed by atoms with E-state index in [1.807, 2.05) is 25.9 Å². The summed E-state index contributed by atoms with van der Waals surface area (Å²) in [6.45, 7) is 17.5. The minimum atomic E-state index is -1.65. The first-order valence-electron chi connectivity index (χ1n) is 17.7. The topological polar surface area (TPSA) is 170 Å². The van der Waals surface area contributed by atoms with Crippen molar-refractivity contribution < 1.29 is 52.8 Å². The molecule has 0 radical (unpaired) electrons. The molecule has 0 bridgehead atoms. The summed E-state index contributed by atoms with van der Waals surface area (Å²) < 4.78 is 30.5. The zero-order chi connectivity index (χ0) is 37.2. The van der Waals surface area contributed by atoms with Crippen molar-refractivity contribution in [2.75, 3.05) is 27.2 Å². The van der Waals surface area contributed by atoms with Crippen molar-refractivity contribution in [1.82, 2.24) is 15.1 Å². The zero-order valence-electron chi connectivity index (χ0n) is 31.3. The van der Waals surface area contributed by atoms with Crippen LogP contribution < -0.4 is 5.32 Å². The second-order valence-electron chi connectivity index (χ2n) is 14.7. The number of aliphatic hydroxyl groups is 1. The van der Waals surface area contributed by atoms with Crippen LogP contribution in [0, 0.1) is 23.7 Å². The number of fused-ring (bicyclic) bond motifs is 1. The lowest BCUT2D eigenvalue weighted by molar-refractivity contribution is -0.293. The first kappa shape index (κ1) is 40.6. The molecule has 14 nitrogen and oxygen atoms in total. The molecule has 0 aliphatic carbocycles. The highest BCUT2D eigenvalue weighted by atomic mass is 16.7. The van der Waals surface area contributed by atoms with Crippen LogP contribution in [0.4, 0.5) is 9.59 Å². The van der Waals surface area contributed by atoms with E-state index in [9.17, 15) is 29.1 Å². The minimum Gasteiger partial charge on any atom is -0.458 e. The highest BCUT2D eigenvalue weighted by Crippen LogP contribution is 2.40. The van der Waals surface area contributed by atoms with Crippen LogP contribution in [0.15, 0.2) is 0 Å². The Bertz CT molecular complexity index is 1230. The number of esters is 1. The first-order chi connectivity index (χ1) is 22.8. The monoisotopic (exact) mass is 697 g/mol. The van der Waals surface area contributed by atoms with Gasteiger partial charge >= 0.3 is 18.2 Å². The van der Waals surface area contributed by atoms with E-state index in [1.165, 1.54) is 11.8 Å². The van der Waals surface area contributed by atoms with Crippen molar-refractivity contribution >= 4 is 29.7 Å². The molecule has 2 amide bonds. The summed E-state index contributed by atoms with van der Waals surface area (Å²) in [5, 5.41) is 14.2. The Labute approximate surface area is 290 Å². The molecular weight excluding hydrogens is 638 g/mol. The van der Waals surface area contributed by atoms with E-state index in [1.54, 1.807) is 55.4 Å². The average molecular weight is 698 g/mol. The van der Waals surface area contributed by atoms with Gasteiger partial charge in [-0.3, -0.25) is 14.4 Å². The summed E-state index contributed by atoms with van der Waals surface area (Å²) in [4.78, 5) is 71.8. The van der Waals surface area contributed by atoms with Crippen molar-refractivity contribution in [2.24, 2.45) is 23.7 Å². The van der Waals surface area contributed by atoms with Gasteiger partial charge in [0.1, 0.15) is 35.6 Å². The lowest BCUT2D eigenvalue weighted by Gasteiger charge is -2.47. The van der Waals surface area contributed by atoms with Gasteiger partial charge in [0, 0.05) is 36.9 Å². The van der Waals surface area contributed by atoms with Gasteiger partial charge in [-0.25, -0.2) is 9.59 Å². The number of rotatable bonds is 7. The molecular formula is C35H59N3O11. The molecule has 49 heavy (non-hydrogen) atoms. The number of carbonyl (C=O) groups excluding carboxylic acids is 5. The van der Waals surface area contributed by atoms with Gasteiger partial charge in [0.15, 0.2) is 17.7 Å². The van der Waals surface area contributed by atoms with Crippen LogP contribution in [-0.4, -0.2) is 126 Å². The van der Waals surface area contributed by atoms with Gasteiger partial charge in [-0.1, -0.05) is 27.7 Å². The quantitative estimate of drug-likeness (QED) is 0.226. The maximum Gasteiger partial charge on any atom is 0.410 e. The van der Waals surface area contributed by atoms with E-state index < -0.39 is 89.5 Å². The lowest BCUT2D eigenvalue weighted by Crippen LogP contribution is -2.61. The lowest BCUT2D eigenvalue weighted by atomic mass is 9.73. The molecule has 14 heteroatoms. The van der Waals surface area contributed by atoms with Crippen molar-refractivity contribution in [3.05, 3.63) is 0 Å². The molecule has 3 saturated heterocycles. The van der Waals surface area contributed by atoms with Crippen LogP contribution in [-0.2, 0) is 38.1 Å². The number of aliphatic hydroxyl groups excluding tert-OH is 1. The third-order valence-corrected chi connectivity index (χ3v) is 10.8. The fourth-order valence-electron chi connectivity index (χ4n) is 7.83. The Balaban J connectivity index is 2.21. The molecule has 2 N–H and O–H groups in total. The summed E-state index contributed by atoms with van der Waals surface area (Å²) in [5.41, 5.74) is -3.06. The van der Waals surface area contributed by atoms with E-state index in [0.29, 0.717) is 19.5 Å². The molecule has 0 aromatic heterocycles. The molecule has 0 aromatic carbocycles. The van der Waals surface area contributed by atoms with Gasteiger partial charge in [0.2, 0.25) is 0 Å². The third-order valence-electron chi connectivity index (χ3n) is 10.8. The maximum atomic E-state index is 14.3. The molecule has 3 aliphatic heterocycles. The maximum absolute atomic E-state index is 14.3. The Hall–Kier alpha value is -2.81. The molecule has 0 spiro atoms. The second-order valence-corrected chi connectivity index (χ2v) is 14.7. The van der Waals surface area contributed by atoms with Gasteiger partial charge in [-0.2, -0.15) is 0 Å². The molecule has 3 fully saturated rings. The summed E-state index contributed by atoms with van der Waals surface area (Å²) in [5.74, 6) is -5.68. The smallest absolute Gasteiger partial charge is 0.410 e. The number of likely N-dealkylation sites (N-methyl/N-ethyl adjacent to an activating group) is 1. The van der Waals surface area contributed by atoms with Crippen LogP contribution in [0.5, 0.6) is 0 Å². The fourth-order valence-corrected chi connectivity index (χ4v) is 7.83. The van der Waals surface area contributed by atoms with Gasteiger partial charge < -0.3 is 43.9 Å². The number of hydrogen-bond donors (Lipinski definition) is 2. The highest BCUT2D eigenvalue weighted by Gasteiger charge is 2.57. The summed E-state index contributed by atoms with van der Waals surface area (Å²) in [6, 6.07) is -1.21. The van der Waals surface area contributed by atoms with E-state index in [2.05, 4.69) is 5.32 Å². The molecule has 0 unspecified atom stereocenters. The molecule has 3 heterocycles. The number of Topliss-reactive ketones (excluding diaryl/α,β-unsaturated/α-hetero) is 2. The van der Waals surface area contributed by atoms with Gasteiger partial charge in [-0.05, 0) is 74.9 Å². The van der Waals surface area contributed by atoms with Crippen LogP contribution in [0.1, 0.15) is 88.5 Å².